The summed E-state index contributed by atoms with van der Waals surface area (Å²) < 4.78 is 61.2. The Labute approximate surface area is 113 Å². The second-order valence-corrected chi connectivity index (χ2v) is 5.52. The van der Waals surface area contributed by atoms with E-state index in [4.69, 9.17) is 5.11 Å². The lowest BCUT2D eigenvalue weighted by atomic mass is 10.2. The SMILES string of the molecule is CN(c1ccccc1C(=O)O)S(=O)(=O)NCC(F)(F)F. The van der Waals surface area contributed by atoms with Crippen LogP contribution in [-0.4, -0.2) is 39.3 Å². The number of nitrogens with one attached hydrogen (secondary N) is 1. The van der Waals surface area contributed by atoms with Crippen molar-refractivity contribution in [2.45, 2.75) is 6.18 Å². The quantitative estimate of drug-likeness (QED) is 0.856. The molecule has 0 aliphatic carbocycles. The maximum Gasteiger partial charge on any atom is 0.402 e. The Morgan fingerprint density at radius 3 is 2.40 bits per heavy atom. The first kappa shape index (κ1) is 16.2. The highest BCUT2D eigenvalue weighted by Gasteiger charge is 2.31. The summed E-state index contributed by atoms with van der Waals surface area (Å²) in [5, 5.41) is 8.92. The molecule has 1 aromatic rings. The van der Waals surface area contributed by atoms with Crippen LogP contribution in [0.15, 0.2) is 24.3 Å². The molecule has 0 radical (unpaired) electrons. The van der Waals surface area contributed by atoms with E-state index in [1.165, 1.54) is 22.9 Å². The van der Waals surface area contributed by atoms with Crippen LogP contribution in [-0.2, 0) is 10.2 Å². The van der Waals surface area contributed by atoms with Crippen molar-refractivity contribution in [3.8, 4) is 0 Å². The van der Waals surface area contributed by atoms with E-state index < -0.39 is 28.9 Å². The molecule has 20 heavy (non-hydrogen) atoms. The molecule has 0 bridgehead atoms. The third kappa shape index (κ3) is 4.10. The van der Waals surface area contributed by atoms with Crippen LogP contribution in [0, 0.1) is 0 Å². The molecule has 0 saturated carbocycles. The van der Waals surface area contributed by atoms with Gasteiger partial charge in [0, 0.05) is 7.05 Å². The van der Waals surface area contributed by atoms with E-state index in [-0.39, 0.29) is 11.3 Å². The van der Waals surface area contributed by atoms with Gasteiger partial charge in [-0.05, 0) is 12.1 Å². The van der Waals surface area contributed by atoms with E-state index >= 15 is 0 Å². The van der Waals surface area contributed by atoms with Gasteiger partial charge in [0.05, 0.1) is 11.3 Å². The number of benzene rings is 1. The number of aromatic carboxylic acids is 1. The standard InChI is InChI=1S/C10H11F3N2O4S/c1-15(20(18,19)14-6-10(11,12)13)8-5-3-2-4-7(8)9(16)17/h2-5,14H,6H2,1H3,(H,16,17). The van der Waals surface area contributed by atoms with Crippen LogP contribution < -0.4 is 9.03 Å². The van der Waals surface area contributed by atoms with Crippen LogP contribution in [0.4, 0.5) is 18.9 Å². The van der Waals surface area contributed by atoms with Gasteiger partial charge in [0.2, 0.25) is 0 Å². The molecule has 1 rings (SSSR count). The zero-order valence-electron chi connectivity index (χ0n) is 10.2. The first-order valence-corrected chi connectivity index (χ1v) is 6.61. The first-order valence-electron chi connectivity index (χ1n) is 5.17. The van der Waals surface area contributed by atoms with Crippen LogP contribution in [0.1, 0.15) is 10.4 Å². The highest BCUT2D eigenvalue weighted by Crippen LogP contribution is 2.21. The summed E-state index contributed by atoms with van der Waals surface area (Å²) in [6, 6.07) is 5.07. The fraction of sp³-hybridized carbons (Fsp3) is 0.300. The normalized spacial score (nSPS) is 12.2. The van der Waals surface area contributed by atoms with Crippen molar-refractivity contribution in [2.75, 3.05) is 17.9 Å². The van der Waals surface area contributed by atoms with Crippen molar-refractivity contribution in [2.24, 2.45) is 0 Å². The lowest BCUT2D eigenvalue weighted by Gasteiger charge is -2.21. The van der Waals surface area contributed by atoms with Crippen molar-refractivity contribution in [3.63, 3.8) is 0 Å². The maximum absolute atomic E-state index is 12.0. The van der Waals surface area contributed by atoms with Crippen molar-refractivity contribution >= 4 is 21.9 Å². The fourth-order valence-electron chi connectivity index (χ4n) is 1.33. The molecule has 0 aliphatic heterocycles. The second kappa shape index (κ2) is 5.67. The molecule has 0 heterocycles. The number of carbonyl (C=O) groups is 1. The predicted molar refractivity (Wildman–Crippen MR) is 64.8 cm³/mol. The highest BCUT2D eigenvalue weighted by atomic mass is 32.2. The van der Waals surface area contributed by atoms with Crippen molar-refractivity contribution in [1.82, 2.24) is 4.72 Å². The van der Waals surface area contributed by atoms with E-state index in [2.05, 4.69) is 0 Å². The number of alkyl halides is 3. The van der Waals surface area contributed by atoms with Crippen LogP contribution >= 0.6 is 0 Å². The Morgan fingerprint density at radius 2 is 1.90 bits per heavy atom. The smallest absolute Gasteiger partial charge is 0.402 e. The van der Waals surface area contributed by atoms with Crippen LogP contribution in [0.25, 0.3) is 0 Å². The maximum atomic E-state index is 12.0. The number of halogens is 3. The summed E-state index contributed by atoms with van der Waals surface area (Å²) in [5.74, 6) is -1.39. The molecule has 1 aromatic carbocycles. The van der Waals surface area contributed by atoms with Gasteiger partial charge >= 0.3 is 22.4 Å². The van der Waals surface area contributed by atoms with E-state index in [0.717, 1.165) is 13.1 Å². The number of carboxylic acids is 1. The Kier molecular flexibility index (Phi) is 4.61. The molecule has 2 N–H and O–H groups in total. The number of hydrogen-bond acceptors (Lipinski definition) is 3. The van der Waals surface area contributed by atoms with Gasteiger partial charge in [0.15, 0.2) is 0 Å². The fourth-order valence-corrected chi connectivity index (χ4v) is 2.29. The molecule has 0 fully saturated rings. The van der Waals surface area contributed by atoms with E-state index in [9.17, 15) is 26.4 Å². The molecule has 0 saturated heterocycles. The Balaban J connectivity index is 3.06. The van der Waals surface area contributed by atoms with Crippen molar-refractivity contribution < 1.29 is 31.5 Å². The number of anilines is 1. The van der Waals surface area contributed by atoms with Gasteiger partial charge in [-0.25, -0.2) is 4.79 Å². The molecule has 0 atom stereocenters. The minimum Gasteiger partial charge on any atom is -0.478 e. The minimum atomic E-state index is -4.71. The number of nitrogens with zero attached hydrogens (tertiary/aromatic N) is 1. The zero-order valence-corrected chi connectivity index (χ0v) is 11.0. The van der Waals surface area contributed by atoms with Gasteiger partial charge in [-0.2, -0.15) is 26.3 Å². The summed E-state index contributed by atoms with van der Waals surface area (Å²) in [7, 11) is -3.54. The second-order valence-electron chi connectivity index (χ2n) is 3.73. The lowest BCUT2D eigenvalue weighted by Crippen LogP contribution is -2.43. The molecule has 0 aliphatic rings. The topological polar surface area (TPSA) is 86.7 Å². The van der Waals surface area contributed by atoms with Gasteiger partial charge in [-0.15, -0.1) is 0 Å². The molecular weight excluding hydrogens is 301 g/mol. The monoisotopic (exact) mass is 312 g/mol. The van der Waals surface area contributed by atoms with E-state index in [0.29, 0.717) is 4.31 Å². The average molecular weight is 312 g/mol. The summed E-state index contributed by atoms with van der Waals surface area (Å²) in [6.45, 7) is -1.74. The Morgan fingerprint density at radius 1 is 1.35 bits per heavy atom. The summed E-state index contributed by atoms with van der Waals surface area (Å²) in [4.78, 5) is 10.9. The lowest BCUT2D eigenvalue weighted by molar-refractivity contribution is -0.121. The van der Waals surface area contributed by atoms with Gasteiger partial charge in [-0.1, -0.05) is 12.1 Å². The molecule has 0 aromatic heterocycles. The molecule has 0 spiro atoms. The third-order valence-corrected chi connectivity index (χ3v) is 3.72. The molecule has 10 heteroatoms. The van der Waals surface area contributed by atoms with Crippen LogP contribution in [0.3, 0.4) is 0 Å². The van der Waals surface area contributed by atoms with E-state index in [1.807, 2.05) is 0 Å². The number of para-hydroxylation sites is 1. The zero-order chi connectivity index (χ0) is 15.6. The molecule has 0 unspecified atom stereocenters. The van der Waals surface area contributed by atoms with Crippen molar-refractivity contribution in [1.29, 1.82) is 0 Å². The van der Waals surface area contributed by atoms with Gasteiger partial charge < -0.3 is 5.11 Å². The summed E-state index contributed by atoms with van der Waals surface area (Å²) in [6.07, 6.45) is -4.71. The molecule has 0 amide bonds. The van der Waals surface area contributed by atoms with Crippen molar-refractivity contribution in [3.05, 3.63) is 29.8 Å². The van der Waals surface area contributed by atoms with Gasteiger partial charge in [0.1, 0.15) is 6.54 Å². The first-order chi connectivity index (χ1) is 9.04. The highest BCUT2D eigenvalue weighted by molar-refractivity contribution is 7.90. The summed E-state index contributed by atoms with van der Waals surface area (Å²) in [5.41, 5.74) is -0.581. The molecule has 112 valence electrons. The van der Waals surface area contributed by atoms with Crippen LogP contribution in [0.2, 0.25) is 0 Å². The minimum absolute atomic E-state index is 0.241. The molecule has 6 nitrogen and oxygen atoms in total. The Hall–Kier alpha value is -1.81. The summed E-state index contributed by atoms with van der Waals surface area (Å²) >= 11 is 0. The molecular formula is C10H11F3N2O4S. The Bertz CT molecular complexity index is 601. The van der Waals surface area contributed by atoms with Gasteiger partial charge in [0.25, 0.3) is 0 Å². The predicted octanol–water partition coefficient (Wildman–Crippen LogP) is 1.22. The number of hydrogen-bond donors (Lipinski definition) is 2. The number of carboxylic acid groups (broad SMARTS) is 1. The van der Waals surface area contributed by atoms with Gasteiger partial charge in [-0.3, -0.25) is 4.31 Å². The number of rotatable bonds is 5. The third-order valence-electron chi connectivity index (χ3n) is 2.29. The van der Waals surface area contributed by atoms with Crippen LogP contribution in [0.5, 0.6) is 0 Å². The van der Waals surface area contributed by atoms with E-state index in [1.54, 1.807) is 0 Å². The largest absolute Gasteiger partial charge is 0.478 e. The average Bonchev–Trinajstić information content (AvgIpc) is 2.35.